The van der Waals surface area contributed by atoms with Crippen LogP contribution in [0.15, 0.2) is 83.0 Å². The Kier molecular flexibility index (Phi) is 5.71. The van der Waals surface area contributed by atoms with E-state index in [9.17, 15) is 19.1 Å². The normalized spacial score (nSPS) is 10.6. The molecule has 7 nitrogen and oxygen atoms in total. The maximum Gasteiger partial charge on any atom is 0.362 e. The zero-order valence-electron chi connectivity index (χ0n) is 14.4. The number of benzene rings is 3. The second-order valence-corrected chi connectivity index (χ2v) is 5.57. The van der Waals surface area contributed by atoms with Gasteiger partial charge in [-0.2, -0.15) is 0 Å². The van der Waals surface area contributed by atoms with E-state index in [1.54, 1.807) is 36.4 Å². The van der Waals surface area contributed by atoms with Gasteiger partial charge in [0.25, 0.3) is 5.91 Å². The highest BCUT2D eigenvalue weighted by atomic mass is 19.1. The summed E-state index contributed by atoms with van der Waals surface area (Å²) in [5, 5.41) is 17.0. The summed E-state index contributed by atoms with van der Waals surface area (Å²) in [4.78, 5) is 28.7. The first-order valence-electron chi connectivity index (χ1n) is 8.10. The van der Waals surface area contributed by atoms with Crippen LogP contribution in [0.2, 0.25) is 0 Å². The van der Waals surface area contributed by atoms with Gasteiger partial charge in [0.1, 0.15) is 11.6 Å². The van der Waals surface area contributed by atoms with Gasteiger partial charge in [-0.1, -0.05) is 12.1 Å². The molecule has 0 aliphatic carbocycles. The van der Waals surface area contributed by atoms with Crippen molar-refractivity contribution in [2.45, 2.75) is 0 Å². The van der Waals surface area contributed by atoms with Gasteiger partial charge in [-0.3, -0.25) is 4.79 Å². The molecule has 0 radical (unpaired) electrons. The van der Waals surface area contributed by atoms with Crippen molar-refractivity contribution in [1.29, 1.82) is 0 Å². The minimum Gasteiger partial charge on any atom is -0.507 e. The number of rotatable bonds is 5. The van der Waals surface area contributed by atoms with Crippen LogP contribution in [0.4, 0.5) is 15.8 Å². The van der Waals surface area contributed by atoms with Crippen molar-refractivity contribution in [1.82, 2.24) is 0 Å². The molecule has 0 heterocycles. The Morgan fingerprint density at radius 3 is 2.29 bits per heavy atom. The van der Waals surface area contributed by atoms with Crippen LogP contribution in [-0.2, 0) is 4.84 Å². The molecule has 3 aromatic rings. The number of phenols is 1. The molecule has 0 aliphatic rings. The highest BCUT2D eigenvalue weighted by Gasteiger charge is 2.09. The Hall–Kier alpha value is -4.07. The molecule has 3 aromatic carbocycles. The fourth-order valence-electron chi connectivity index (χ4n) is 2.16. The zero-order valence-corrected chi connectivity index (χ0v) is 14.4. The lowest BCUT2D eigenvalue weighted by Gasteiger charge is -2.06. The van der Waals surface area contributed by atoms with Crippen molar-refractivity contribution >= 4 is 23.3 Å². The van der Waals surface area contributed by atoms with Crippen LogP contribution >= 0.6 is 0 Å². The molecule has 0 saturated carbocycles. The van der Waals surface area contributed by atoms with E-state index in [1.165, 1.54) is 24.3 Å². The predicted octanol–water partition coefficient (Wildman–Crippen LogP) is 4.64. The Bertz CT molecular complexity index is 1020. The van der Waals surface area contributed by atoms with Gasteiger partial charge in [-0.05, 0) is 60.7 Å². The van der Waals surface area contributed by atoms with Crippen LogP contribution in [0.5, 0.6) is 5.75 Å². The van der Waals surface area contributed by atoms with Gasteiger partial charge in [0.05, 0.1) is 22.5 Å². The van der Waals surface area contributed by atoms with E-state index >= 15 is 0 Å². The topological polar surface area (TPSA) is 100 Å². The van der Waals surface area contributed by atoms with E-state index < -0.39 is 17.7 Å². The maximum atomic E-state index is 12.8. The number of nitrogens with one attached hydrogen (secondary N) is 1. The largest absolute Gasteiger partial charge is 0.507 e. The number of para-hydroxylation sites is 1. The molecule has 8 heteroatoms. The van der Waals surface area contributed by atoms with Crippen LogP contribution < -0.4 is 5.48 Å². The fraction of sp³-hybridized carbons (Fsp3) is 0. The van der Waals surface area contributed by atoms with Gasteiger partial charge < -0.3 is 9.94 Å². The van der Waals surface area contributed by atoms with Crippen LogP contribution in [0.25, 0.3) is 0 Å². The minimum absolute atomic E-state index is 0.0530. The lowest BCUT2D eigenvalue weighted by Crippen LogP contribution is -2.10. The standard InChI is InChI=1S/C20H14FN3O4/c21-14-7-5-13(6-8-14)20(27)28-24-16-11-9-15(10-12-16)22-23-19(26)17-3-1-2-4-18(17)25/h1-12,24-25H. The Morgan fingerprint density at radius 2 is 1.61 bits per heavy atom. The smallest absolute Gasteiger partial charge is 0.362 e. The van der Waals surface area contributed by atoms with Gasteiger partial charge >= 0.3 is 5.97 Å². The first kappa shape index (κ1) is 18.7. The molecule has 1 amide bonds. The van der Waals surface area contributed by atoms with Crippen molar-refractivity contribution in [2.24, 2.45) is 10.2 Å². The van der Waals surface area contributed by atoms with E-state index in [-0.39, 0.29) is 16.9 Å². The number of azo groups is 1. The second kappa shape index (κ2) is 8.54. The molecule has 0 atom stereocenters. The summed E-state index contributed by atoms with van der Waals surface area (Å²) in [6.07, 6.45) is 0. The van der Waals surface area contributed by atoms with E-state index in [0.29, 0.717) is 11.4 Å². The van der Waals surface area contributed by atoms with Crippen molar-refractivity contribution in [3.63, 3.8) is 0 Å². The van der Waals surface area contributed by atoms with Crippen molar-refractivity contribution < 1.29 is 23.9 Å². The molecule has 140 valence electrons. The van der Waals surface area contributed by atoms with E-state index in [0.717, 1.165) is 12.1 Å². The summed E-state index contributed by atoms with van der Waals surface area (Å²) < 4.78 is 12.8. The van der Waals surface area contributed by atoms with Crippen molar-refractivity contribution in [2.75, 3.05) is 5.48 Å². The quantitative estimate of drug-likeness (QED) is 0.497. The summed E-state index contributed by atoms with van der Waals surface area (Å²) in [6.45, 7) is 0. The number of aromatic hydroxyl groups is 1. The van der Waals surface area contributed by atoms with E-state index in [1.807, 2.05) is 0 Å². The van der Waals surface area contributed by atoms with E-state index in [4.69, 9.17) is 4.84 Å². The lowest BCUT2D eigenvalue weighted by atomic mass is 10.2. The monoisotopic (exact) mass is 379 g/mol. The summed E-state index contributed by atoms with van der Waals surface area (Å²) >= 11 is 0. The third kappa shape index (κ3) is 4.76. The number of phenolic OH excluding ortho intramolecular Hbond substituents is 1. The molecule has 0 aromatic heterocycles. The highest BCUT2D eigenvalue weighted by molar-refractivity contribution is 5.97. The van der Waals surface area contributed by atoms with Gasteiger partial charge in [0.2, 0.25) is 0 Å². The maximum absolute atomic E-state index is 12.8. The zero-order chi connectivity index (χ0) is 19.9. The summed E-state index contributed by atoms with van der Waals surface area (Å²) in [6, 6.07) is 17.2. The SMILES string of the molecule is O=C(ONc1ccc(N=NC(=O)c2ccccc2O)cc1)c1ccc(F)cc1. The van der Waals surface area contributed by atoms with Crippen LogP contribution in [0.1, 0.15) is 20.7 Å². The third-order valence-electron chi connectivity index (χ3n) is 3.60. The van der Waals surface area contributed by atoms with Gasteiger partial charge in [-0.25, -0.2) is 14.7 Å². The second-order valence-electron chi connectivity index (χ2n) is 5.57. The van der Waals surface area contributed by atoms with E-state index in [2.05, 4.69) is 15.7 Å². The van der Waals surface area contributed by atoms with Gasteiger partial charge in [0.15, 0.2) is 0 Å². The molecule has 0 fully saturated rings. The molecule has 0 aliphatic heterocycles. The average Bonchev–Trinajstić information content (AvgIpc) is 2.72. The summed E-state index contributed by atoms with van der Waals surface area (Å²) in [7, 11) is 0. The molecule has 28 heavy (non-hydrogen) atoms. The third-order valence-corrected chi connectivity index (χ3v) is 3.60. The van der Waals surface area contributed by atoms with Gasteiger partial charge in [-0.15, -0.1) is 10.2 Å². The van der Waals surface area contributed by atoms with Crippen LogP contribution in [0, 0.1) is 5.82 Å². The number of anilines is 1. The number of hydrogen-bond donors (Lipinski definition) is 2. The fourth-order valence-corrected chi connectivity index (χ4v) is 2.16. The molecular formula is C20H14FN3O4. The molecular weight excluding hydrogens is 365 g/mol. The number of halogens is 1. The summed E-state index contributed by atoms with van der Waals surface area (Å²) in [5.74, 6) is -1.96. The number of hydrogen-bond acceptors (Lipinski definition) is 6. The Balaban J connectivity index is 1.57. The molecule has 0 spiro atoms. The highest BCUT2D eigenvalue weighted by Crippen LogP contribution is 2.20. The number of carbonyl (C=O) groups is 2. The number of carbonyl (C=O) groups excluding carboxylic acids is 2. The van der Waals surface area contributed by atoms with Crippen molar-refractivity contribution in [3.8, 4) is 5.75 Å². The predicted molar refractivity (Wildman–Crippen MR) is 98.8 cm³/mol. The first-order valence-corrected chi connectivity index (χ1v) is 8.10. The number of amides is 1. The number of nitrogens with zero attached hydrogens (tertiary/aromatic N) is 2. The Morgan fingerprint density at radius 1 is 0.929 bits per heavy atom. The van der Waals surface area contributed by atoms with Crippen LogP contribution in [-0.4, -0.2) is 17.0 Å². The average molecular weight is 379 g/mol. The molecule has 3 rings (SSSR count). The van der Waals surface area contributed by atoms with Gasteiger partial charge in [0, 0.05) is 0 Å². The lowest BCUT2D eigenvalue weighted by molar-refractivity contribution is 0.0596. The minimum atomic E-state index is -0.673. The first-order chi connectivity index (χ1) is 13.5. The van der Waals surface area contributed by atoms with Crippen molar-refractivity contribution in [3.05, 3.63) is 89.7 Å². The molecule has 0 bridgehead atoms. The Labute approximate surface area is 159 Å². The molecule has 2 N–H and O–H groups in total. The van der Waals surface area contributed by atoms with Crippen LogP contribution in [0.3, 0.4) is 0 Å². The molecule has 0 saturated heterocycles. The molecule has 0 unspecified atom stereocenters. The summed E-state index contributed by atoms with van der Waals surface area (Å²) in [5.41, 5.74) is 3.56.